The van der Waals surface area contributed by atoms with E-state index < -0.39 is 0 Å². The first-order chi connectivity index (χ1) is 2.00. The molecule has 0 fully saturated rings. The molecule has 0 N–H and O–H groups in total. The lowest BCUT2D eigenvalue weighted by atomic mass is 11.9. The number of alkyl halides is 1. The van der Waals surface area contributed by atoms with Crippen LogP contribution in [0.1, 0.15) is 0 Å². The predicted molar refractivity (Wildman–Crippen MR) is 22.8 cm³/mol. The molecule has 3 heteroatoms. The van der Waals surface area contributed by atoms with E-state index in [2.05, 4.69) is 0 Å². The molecule has 0 atom stereocenters. The van der Waals surface area contributed by atoms with E-state index >= 15 is 0 Å². The van der Waals surface area contributed by atoms with Gasteiger partial charge in [0, 0.05) is 0 Å². The van der Waals surface area contributed by atoms with Crippen LogP contribution in [0.4, 0.5) is 4.39 Å². The average molecular weight is 101 g/mol. The van der Waals surface area contributed by atoms with Gasteiger partial charge in [0.15, 0.2) is 0 Å². The molecule has 0 saturated heterocycles. The van der Waals surface area contributed by atoms with E-state index in [0.717, 1.165) is 9.55 Å². The number of hydrogen-bond donors (Lipinski definition) is 0. The minimum atomic E-state index is 0.500. The van der Waals surface area contributed by atoms with E-state index in [1.54, 1.807) is 0 Å². The van der Waals surface area contributed by atoms with Crippen LogP contribution in [0.5, 0.6) is 0 Å². The highest BCUT2D eigenvalue weighted by Gasteiger charge is 0.975. The molecule has 0 bridgehead atoms. The van der Waals surface area contributed by atoms with Gasteiger partial charge in [0.1, 0.15) is 9.55 Å². The maximum absolute atomic E-state index is 9.50. The van der Waals surface area contributed by atoms with Crippen molar-refractivity contribution in [1.82, 2.24) is 0 Å². The molecule has 4 heavy (non-hydrogen) atoms. The molecule has 28 valence electrons. The minimum absolute atomic E-state index is 0.500. The van der Waals surface area contributed by atoms with E-state index in [9.17, 15) is 4.39 Å². The van der Waals surface area contributed by atoms with Gasteiger partial charge in [-0.1, -0.05) is 0 Å². The summed E-state index contributed by atoms with van der Waals surface area (Å²) in [5.74, 6) is 0. The van der Waals surface area contributed by atoms with Crippen LogP contribution in [-0.2, 0) is 0 Å². The first-order valence-electron chi connectivity index (χ1n) is 0.756. The Morgan fingerprint density at radius 1 is 1.50 bits per heavy atom. The third-order valence-electron chi connectivity index (χ3n) is 0. The first kappa shape index (κ1) is 8.83. The summed E-state index contributed by atoms with van der Waals surface area (Å²) in [5, 5.41) is 0. The largest absolute Gasteiger partial charge is 0.255 e. The molecule has 0 spiro atoms. The molecule has 0 aromatic carbocycles. The van der Waals surface area contributed by atoms with Gasteiger partial charge >= 0.3 is 0 Å². The lowest BCUT2D eigenvalue weighted by molar-refractivity contribution is 0.636. The van der Waals surface area contributed by atoms with Crippen LogP contribution in [0.2, 0.25) is 0 Å². The highest BCUT2D eigenvalue weighted by Crippen LogP contribution is 1.29. The van der Waals surface area contributed by atoms with Gasteiger partial charge in [0.2, 0.25) is 0 Å². The van der Waals surface area contributed by atoms with Crippen molar-refractivity contribution < 1.29 is 4.39 Å². The Labute approximate surface area is 33.1 Å². The molecular formula is CH6ClFSi. The molecule has 0 heterocycles. The maximum atomic E-state index is 9.50. The normalized spacial score (nSPS) is 3.75. The fourth-order valence-electron chi connectivity index (χ4n) is 0. The summed E-state index contributed by atoms with van der Waals surface area (Å²) in [6, 6.07) is 0. The van der Waals surface area contributed by atoms with Crippen molar-refractivity contribution in [3.05, 3.63) is 0 Å². The van der Waals surface area contributed by atoms with E-state index in [1.165, 1.54) is 0 Å². The van der Waals surface area contributed by atoms with Crippen molar-refractivity contribution in [1.29, 1.82) is 0 Å². The molecule has 0 unspecified atom stereocenters. The second kappa shape index (κ2) is 107. The Balaban J connectivity index is 0. The topological polar surface area (TPSA) is 0 Å². The smallest absolute Gasteiger partial charge is 0.109 e. The molecule has 0 aromatic heterocycles. The van der Waals surface area contributed by atoms with E-state index in [0.29, 0.717) is 7.18 Å². The zero-order chi connectivity index (χ0) is 4.00. The van der Waals surface area contributed by atoms with E-state index in [-0.39, 0.29) is 0 Å². The van der Waals surface area contributed by atoms with Crippen LogP contribution in [-0.4, -0.2) is 16.7 Å². The number of rotatable bonds is 0. The molecule has 0 amide bonds. The lowest BCUT2D eigenvalue weighted by Crippen LogP contribution is -0.980. The van der Waals surface area contributed by atoms with Crippen LogP contribution in [0, 0.1) is 0 Å². The Morgan fingerprint density at radius 2 is 1.50 bits per heavy atom. The molecule has 0 saturated carbocycles. The summed E-state index contributed by atoms with van der Waals surface area (Å²) in [5.41, 5.74) is 0. The maximum Gasteiger partial charge on any atom is 0.109 e. The van der Waals surface area contributed by atoms with Crippen LogP contribution in [0.3, 0.4) is 0 Å². The summed E-state index contributed by atoms with van der Waals surface area (Å²) in [6.45, 7) is 0. The quantitative estimate of drug-likeness (QED) is 0.299. The fourth-order valence-corrected chi connectivity index (χ4v) is 0. The van der Waals surface area contributed by atoms with Crippen LogP contribution >= 0.6 is 11.1 Å². The SMILES string of the molecule is CF.[SiH3]Cl. The number of halogens is 2. The van der Waals surface area contributed by atoms with Crippen molar-refractivity contribution in [2.45, 2.75) is 0 Å². The first-order valence-corrected chi connectivity index (χ1v) is 3.78. The Hall–Kier alpha value is 0.437. The Kier molecular flexibility index (Phi) is 236. The standard InChI is InChI=1S/CH3F.ClH3Si/c2*1-2/h1H3;2H3. The highest BCUT2D eigenvalue weighted by molar-refractivity contribution is 6.80. The average Bonchev–Trinajstić information content (AvgIpc) is 1.50. The van der Waals surface area contributed by atoms with Gasteiger partial charge in [0.25, 0.3) is 0 Å². The van der Waals surface area contributed by atoms with Gasteiger partial charge in [0.05, 0.1) is 7.18 Å². The van der Waals surface area contributed by atoms with Gasteiger partial charge in [-0.25, -0.2) is 0 Å². The summed E-state index contributed by atoms with van der Waals surface area (Å²) in [7, 11) is 1.28. The highest BCUT2D eigenvalue weighted by atomic mass is 35.6. The van der Waals surface area contributed by atoms with E-state index in [4.69, 9.17) is 11.1 Å². The molecular weight excluding hydrogens is 94.5 g/mol. The second-order valence-corrected chi connectivity index (χ2v) is 0. The van der Waals surface area contributed by atoms with E-state index in [1.807, 2.05) is 0 Å². The van der Waals surface area contributed by atoms with Crippen molar-refractivity contribution in [3.8, 4) is 0 Å². The monoisotopic (exact) mass is 100.0 g/mol. The summed E-state index contributed by atoms with van der Waals surface area (Å²) >= 11 is 4.78. The second-order valence-electron chi connectivity index (χ2n) is 0. The zero-order valence-electron chi connectivity index (χ0n) is 2.76. The fraction of sp³-hybridized carbons (Fsp3) is 1.00. The predicted octanol–water partition coefficient (Wildman–Crippen LogP) is 0.0913. The molecule has 0 aromatic rings. The Morgan fingerprint density at radius 3 is 1.50 bits per heavy atom. The van der Waals surface area contributed by atoms with Crippen molar-refractivity contribution in [2.24, 2.45) is 0 Å². The van der Waals surface area contributed by atoms with Crippen molar-refractivity contribution in [3.63, 3.8) is 0 Å². The van der Waals surface area contributed by atoms with Gasteiger partial charge in [-0.15, -0.1) is 0 Å². The zero-order valence-corrected chi connectivity index (χ0v) is 5.51. The van der Waals surface area contributed by atoms with Crippen LogP contribution in [0.15, 0.2) is 0 Å². The minimum Gasteiger partial charge on any atom is -0.255 e. The Bertz CT molecular complexity index is 8.00. The van der Waals surface area contributed by atoms with Gasteiger partial charge in [-0.2, -0.15) is 11.1 Å². The molecule has 0 radical (unpaired) electrons. The van der Waals surface area contributed by atoms with Gasteiger partial charge < -0.3 is 0 Å². The molecule has 0 aliphatic rings. The van der Waals surface area contributed by atoms with Crippen LogP contribution in [0.25, 0.3) is 0 Å². The van der Waals surface area contributed by atoms with Gasteiger partial charge in [-0.3, -0.25) is 4.39 Å². The third kappa shape index (κ3) is 26.4. The molecule has 0 nitrogen and oxygen atoms in total. The molecule has 0 aliphatic heterocycles. The van der Waals surface area contributed by atoms with Gasteiger partial charge in [-0.05, 0) is 0 Å². The van der Waals surface area contributed by atoms with Crippen molar-refractivity contribution in [2.75, 3.05) is 7.18 Å². The third-order valence-corrected chi connectivity index (χ3v) is 0. The summed E-state index contributed by atoms with van der Waals surface area (Å²) < 4.78 is 9.50. The molecule has 0 rings (SSSR count). The van der Waals surface area contributed by atoms with Crippen molar-refractivity contribution >= 4 is 20.6 Å². The number of hydrogen-bond acceptors (Lipinski definition) is 0. The summed E-state index contributed by atoms with van der Waals surface area (Å²) in [4.78, 5) is 0. The molecule has 0 aliphatic carbocycles. The van der Waals surface area contributed by atoms with Crippen LogP contribution < -0.4 is 0 Å². The lowest BCUT2D eigenvalue weighted by Gasteiger charge is -1.10. The summed E-state index contributed by atoms with van der Waals surface area (Å²) in [6.07, 6.45) is 0.